The van der Waals surface area contributed by atoms with Crippen molar-refractivity contribution in [2.45, 2.75) is 37.3 Å². The Kier molecular flexibility index (Phi) is 4.00. The largest absolute Gasteiger partial charge is 0.462 e. The van der Waals surface area contributed by atoms with E-state index >= 15 is 0 Å². The Morgan fingerprint density at radius 3 is 2.62 bits per heavy atom. The Balaban J connectivity index is 1.70. The summed E-state index contributed by atoms with van der Waals surface area (Å²) in [4.78, 5) is 14.9. The first-order valence-corrected chi connectivity index (χ1v) is 7.84. The number of likely N-dealkylation sites (tertiary alicyclic amines) is 1. The minimum Gasteiger partial charge on any atom is -0.462 e. The van der Waals surface area contributed by atoms with E-state index in [1.807, 2.05) is 30.3 Å². The number of likely N-dealkylation sites (N-methyl/N-ethyl adjacent to an activating group) is 1. The van der Waals surface area contributed by atoms with E-state index in [2.05, 4.69) is 11.9 Å². The molecule has 1 saturated carbocycles. The molecule has 1 aromatic rings. The van der Waals surface area contributed by atoms with E-state index in [9.17, 15) is 4.79 Å². The summed E-state index contributed by atoms with van der Waals surface area (Å²) in [6, 6.07) is 10.0. The topological polar surface area (TPSA) is 55.6 Å². The van der Waals surface area contributed by atoms with Crippen LogP contribution < -0.4 is 5.73 Å². The number of hydrogen-bond donors (Lipinski definition) is 1. The number of rotatable bonds is 5. The fourth-order valence-electron chi connectivity index (χ4n) is 3.25. The third kappa shape index (κ3) is 2.83. The van der Waals surface area contributed by atoms with Crippen molar-refractivity contribution in [3.05, 3.63) is 35.9 Å². The van der Waals surface area contributed by atoms with Crippen LogP contribution in [0.1, 0.15) is 31.2 Å². The van der Waals surface area contributed by atoms with Gasteiger partial charge in [0.05, 0.1) is 0 Å². The zero-order valence-electron chi connectivity index (χ0n) is 12.6. The van der Waals surface area contributed by atoms with E-state index in [1.54, 1.807) is 0 Å². The first kappa shape index (κ1) is 14.5. The van der Waals surface area contributed by atoms with Gasteiger partial charge in [0.15, 0.2) is 0 Å². The molecule has 0 radical (unpaired) electrons. The first-order chi connectivity index (χ1) is 10.1. The number of hydrogen-bond acceptors (Lipinski definition) is 4. The van der Waals surface area contributed by atoms with Gasteiger partial charge < -0.3 is 15.4 Å². The van der Waals surface area contributed by atoms with Crippen molar-refractivity contribution in [3.63, 3.8) is 0 Å². The first-order valence-electron chi connectivity index (χ1n) is 7.84. The van der Waals surface area contributed by atoms with Crippen LogP contribution in [0, 0.1) is 5.92 Å². The number of benzene rings is 1. The van der Waals surface area contributed by atoms with Gasteiger partial charge in [0.25, 0.3) is 0 Å². The number of nitrogens with two attached hydrogens (primary N) is 1. The number of esters is 1. The molecule has 0 spiro atoms. The lowest BCUT2D eigenvalue weighted by Crippen LogP contribution is -2.49. The molecule has 0 bridgehead atoms. The second kappa shape index (κ2) is 5.78. The van der Waals surface area contributed by atoms with Gasteiger partial charge in [0.2, 0.25) is 0 Å². The van der Waals surface area contributed by atoms with Gasteiger partial charge in [0.1, 0.15) is 12.1 Å². The van der Waals surface area contributed by atoms with Crippen molar-refractivity contribution in [1.29, 1.82) is 0 Å². The lowest BCUT2D eigenvalue weighted by molar-refractivity contribution is -0.153. The van der Waals surface area contributed by atoms with Crippen molar-refractivity contribution in [3.8, 4) is 0 Å². The maximum Gasteiger partial charge on any atom is 0.331 e. The summed E-state index contributed by atoms with van der Waals surface area (Å²) < 4.78 is 5.61. The third-order valence-electron chi connectivity index (χ3n) is 4.89. The summed E-state index contributed by atoms with van der Waals surface area (Å²) in [5.74, 6) is -0.0507. The minimum atomic E-state index is -0.974. The predicted molar refractivity (Wildman–Crippen MR) is 81.6 cm³/mol. The predicted octanol–water partition coefficient (Wildman–Crippen LogP) is 1.89. The highest BCUT2D eigenvalue weighted by atomic mass is 16.5. The van der Waals surface area contributed by atoms with Gasteiger partial charge in [-0.05, 0) is 50.8 Å². The summed E-state index contributed by atoms with van der Waals surface area (Å²) in [7, 11) is 2.08. The normalized spacial score (nSPS) is 25.5. The van der Waals surface area contributed by atoms with Crippen LogP contribution >= 0.6 is 0 Å². The molecule has 4 heteroatoms. The monoisotopic (exact) mass is 288 g/mol. The minimum absolute atomic E-state index is 0.216. The zero-order chi connectivity index (χ0) is 14.9. The molecule has 1 aliphatic heterocycles. The second-order valence-electron chi connectivity index (χ2n) is 6.38. The standard InChI is InChI=1S/C17H24N2O2/c1-19-11-5-8-15(19)12-21-16(20)17(18,14-9-10-14)13-6-3-2-4-7-13/h2-4,6-7,14-15H,5,8-12,18H2,1H3. The van der Waals surface area contributed by atoms with Crippen LogP contribution in [0.4, 0.5) is 0 Å². The van der Waals surface area contributed by atoms with Gasteiger partial charge in [-0.3, -0.25) is 0 Å². The summed E-state index contributed by atoms with van der Waals surface area (Å²) in [5, 5.41) is 0. The molecule has 2 fully saturated rings. The van der Waals surface area contributed by atoms with E-state index in [1.165, 1.54) is 6.42 Å². The molecular weight excluding hydrogens is 264 g/mol. The molecule has 1 aliphatic carbocycles. The number of carbonyl (C=O) groups is 1. The maximum absolute atomic E-state index is 12.6. The van der Waals surface area contributed by atoms with Gasteiger partial charge in [-0.25, -0.2) is 4.79 Å². The average molecular weight is 288 g/mol. The highest BCUT2D eigenvalue weighted by molar-refractivity contribution is 5.83. The molecule has 2 atom stereocenters. The molecular formula is C17H24N2O2. The lowest BCUT2D eigenvalue weighted by atomic mass is 9.86. The van der Waals surface area contributed by atoms with Crippen molar-refractivity contribution in [1.82, 2.24) is 4.90 Å². The number of carbonyl (C=O) groups excluding carboxylic acids is 1. The fourth-order valence-corrected chi connectivity index (χ4v) is 3.25. The molecule has 2 aliphatic rings. The zero-order valence-corrected chi connectivity index (χ0v) is 12.6. The van der Waals surface area contributed by atoms with Crippen LogP contribution in [0.5, 0.6) is 0 Å². The maximum atomic E-state index is 12.6. The Morgan fingerprint density at radius 1 is 1.33 bits per heavy atom. The van der Waals surface area contributed by atoms with Crippen molar-refractivity contribution in [2.75, 3.05) is 20.2 Å². The third-order valence-corrected chi connectivity index (χ3v) is 4.89. The molecule has 1 heterocycles. The number of ether oxygens (including phenoxy) is 1. The van der Waals surface area contributed by atoms with Crippen LogP contribution in [0.3, 0.4) is 0 Å². The highest BCUT2D eigenvalue weighted by Gasteiger charge is 2.50. The summed E-state index contributed by atoms with van der Waals surface area (Å²) >= 11 is 0. The summed E-state index contributed by atoms with van der Waals surface area (Å²) in [6.07, 6.45) is 4.28. The van der Waals surface area contributed by atoms with E-state index in [4.69, 9.17) is 10.5 Å². The molecule has 2 N–H and O–H groups in total. The van der Waals surface area contributed by atoms with Crippen LogP contribution in [-0.4, -0.2) is 37.1 Å². The Hall–Kier alpha value is -1.39. The van der Waals surface area contributed by atoms with Gasteiger partial charge >= 0.3 is 5.97 Å². The Bertz CT molecular complexity index is 501. The lowest BCUT2D eigenvalue weighted by Gasteiger charge is -2.29. The van der Waals surface area contributed by atoms with Gasteiger partial charge in [0, 0.05) is 6.04 Å². The molecule has 1 saturated heterocycles. The Morgan fingerprint density at radius 2 is 2.05 bits per heavy atom. The average Bonchev–Trinajstić information content (AvgIpc) is 3.29. The molecule has 0 aromatic heterocycles. The summed E-state index contributed by atoms with van der Waals surface area (Å²) in [5.41, 5.74) is 6.40. The SMILES string of the molecule is CN1CCCC1COC(=O)C(N)(c1ccccc1)C1CC1. The quantitative estimate of drug-likeness (QED) is 0.841. The van der Waals surface area contributed by atoms with Gasteiger partial charge in [-0.15, -0.1) is 0 Å². The molecule has 114 valence electrons. The molecule has 0 amide bonds. The van der Waals surface area contributed by atoms with E-state index in [0.29, 0.717) is 12.6 Å². The van der Waals surface area contributed by atoms with Crippen LogP contribution in [0.25, 0.3) is 0 Å². The molecule has 1 aromatic carbocycles. The van der Waals surface area contributed by atoms with Crippen LogP contribution in [-0.2, 0) is 15.1 Å². The molecule has 3 rings (SSSR count). The van der Waals surface area contributed by atoms with Gasteiger partial charge in [-0.1, -0.05) is 30.3 Å². The smallest absolute Gasteiger partial charge is 0.331 e. The van der Waals surface area contributed by atoms with E-state index < -0.39 is 5.54 Å². The van der Waals surface area contributed by atoms with E-state index in [-0.39, 0.29) is 11.9 Å². The highest BCUT2D eigenvalue weighted by Crippen LogP contribution is 2.44. The van der Waals surface area contributed by atoms with Crippen molar-refractivity contribution < 1.29 is 9.53 Å². The van der Waals surface area contributed by atoms with Crippen LogP contribution in [0.2, 0.25) is 0 Å². The molecule has 4 nitrogen and oxygen atoms in total. The number of nitrogens with zero attached hydrogens (tertiary/aromatic N) is 1. The van der Waals surface area contributed by atoms with Gasteiger partial charge in [-0.2, -0.15) is 0 Å². The van der Waals surface area contributed by atoms with E-state index in [0.717, 1.165) is 31.4 Å². The van der Waals surface area contributed by atoms with Crippen LogP contribution in [0.15, 0.2) is 30.3 Å². The van der Waals surface area contributed by atoms with Crippen molar-refractivity contribution >= 4 is 5.97 Å². The van der Waals surface area contributed by atoms with Crippen molar-refractivity contribution in [2.24, 2.45) is 11.7 Å². The molecule has 21 heavy (non-hydrogen) atoms. The Labute approximate surface area is 126 Å². The molecule has 2 unspecified atom stereocenters. The fraction of sp³-hybridized carbons (Fsp3) is 0.588. The summed E-state index contributed by atoms with van der Waals surface area (Å²) in [6.45, 7) is 1.53. The second-order valence-corrected chi connectivity index (χ2v) is 6.38.